The molecule has 0 aliphatic carbocycles. The molecule has 0 aliphatic heterocycles. The molecule has 0 spiro atoms. The van der Waals surface area contributed by atoms with Gasteiger partial charge in [0, 0.05) is 6.42 Å². The van der Waals surface area contributed by atoms with Crippen molar-refractivity contribution in [2.75, 3.05) is 7.11 Å². The normalized spacial score (nSPS) is 10.5. The lowest BCUT2D eigenvalue weighted by molar-refractivity contribution is -0.129. The Morgan fingerprint density at radius 2 is 1.96 bits per heavy atom. The number of rotatable bonds is 9. The van der Waals surface area contributed by atoms with E-state index in [4.69, 9.17) is 9.94 Å². The van der Waals surface area contributed by atoms with E-state index in [-0.39, 0.29) is 5.91 Å². The summed E-state index contributed by atoms with van der Waals surface area (Å²) in [5.74, 6) is 0.483. The Kier molecular flexibility index (Phi) is 6.56. The molecule has 7 heteroatoms. The van der Waals surface area contributed by atoms with E-state index in [1.54, 1.807) is 17.3 Å². The maximum absolute atomic E-state index is 10.9. The Morgan fingerprint density at radius 3 is 2.65 bits per heavy atom. The second-order valence-electron chi connectivity index (χ2n) is 5.30. The molecule has 124 valence electrons. The molecule has 0 atom stereocenters. The molecule has 0 saturated heterocycles. The SMILES string of the molecule is COc1ccc(-n2cc(CCCCCCC(=O)NO)nn2)cc1. The van der Waals surface area contributed by atoms with E-state index < -0.39 is 0 Å². The second-order valence-corrected chi connectivity index (χ2v) is 5.30. The zero-order valence-corrected chi connectivity index (χ0v) is 13.2. The van der Waals surface area contributed by atoms with Crippen LogP contribution < -0.4 is 10.2 Å². The molecular weight excluding hydrogens is 296 g/mol. The van der Waals surface area contributed by atoms with Gasteiger partial charge in [0.2, 0.25) is 5.91 Å². The molecule has 2 N–H and O–H groups in total. The standard InChI is InChI=1S/C16H22N4O3/c1-23-15-10-8-14(9-11-15)20-12-13(17-19-20)6-4-2-3-5-7-16(21)18-22/h8-12,22H,2-7H2,1H3,(H,18,21). The van der Waals surface area contributed by atoms with Crippen molar-refractivity contribution < 1.29 is 14.7 Å². The molecule has 0 unspecified atom stereocenters. The van der Waals surface area contributed by atoms with Gasteiger partial charge in [0.15, 0.2) is 0 Å². The van der Waals surface area contributed by atoms with Gasteiger partial charge in [-0.05, 0) is 43.5 Å². The van der Waals surface area contributed by atoms with E-state index in [0.717, 1.165) is 49.2 Å². The van der Waals surface area contributed by atoms with Crippen LogP contribution >= 0.6 is 0 Å². The minimum atomic E-state index is -0.326. The number of nitrogens with one attached hydrogen (secondary N) is 1. The van der Waals surface area contributed by atoms with Crippen LogP contribution in [-0.2, 0) is 11.2 Å². The highest BCUT2D eigenvalue weighted by molar-refractivity contribution is 5.74. The number of hydrogen-bond donors (Lipinski definition) is 2. The first-order valence-electron chi connectivity index (χ1n) is 7.71. The van der Waals surface area contributed by atoms with E-state index in [0.29, 0.717) is 6.42 Å². The van der Waals surface area contributed by atoms with Gasteiger partial charge in [-0.15, -0.1) is 5.10 Å². The number of methoxy groups -OCH3 is 1. The van der Waals surface area contributed by atoms with Crippen molar-refractivity contribution in [2.24, 2.45) is 0 Å². The van der Waals surface area contributed by atoms with Crippen molar-refractivity contribution in [3.8, 4) is 11.4 Å². The molecule has 0 bridgehead atoms. The van der Waals surface area contributed by atoms with E-state index in [2.05, 4.69) is 10.3 Å². The minimum Gasteiger partial charge on any atom is -0.497 e. The Balaban J connectivity index is 1.73. The topological polar surface area (TPSA) is 89.3 Å². The maximum Gasteiger partial charge on any atom is 0.243 e. The minimum absolute atomic E-state index is 0.326. The molecule has 0 saturated carbocycles. The number of benzene rings is 1. The molecule has 0 radical (unpaired) electrons. The van der Waals surface area contributed by atoms with Crippen LogP contribution in [0.4, 0.5) is 0 Å². The molecule has 1 amide bonds. The third-order valence-electron chi connectivity index (χ3n) is 3.59. The summed E-state index contributed by atoms with van der Waals surface area (Å²) in [7, 11) is 1.64. The fraction of sp³-hybridized carbons (Fsp3) is 0.438. The number of unbranched alkanes of at least 4 members (excludes halogenated alkanes) is 3. The summed E-state index contributed by atoms with van der Waals surface area (Å²) in [4.78, 5) is 10.9. The summed E-state index contributed by atoms with van der Waals surface area (Å²) in [6, 6.07) is 7.64. The average molecular weight is 318 g/mol. The molecular formula is C16H22N4O3. The number of carbonyl (C=O) groups is 1. The molecule has 1 aromatic heterocycles. The first-order valence-corrected chi connectivity index (χ1v) is 7.71. The highest BCUT2D eigenvalue weighted by Gasteiger charge is 2.04. The van der Waals surface area contributed by atoms with E-state index in [1.165, 1.54) is 0 Å². The molecule has 23 heavy (non-hydrogen) atoms. The van der Waals surface area contributed by atoms with Crippen LogP contribution in [0.15, 0.2) is 30.5 Å². The molecule has 7 nitrogen and oxygen atoms in total. The van der Waals surface area contributed by atoms with Gasteiger partial charge in [-0.2, -0.15) is 0 Å². The van der Waals surface area contributed by atoms with Crippen LogP contribution in [0, 0.1) is 0 Å². The van der Waals surface area contributed by atoms with E-state index in [1.807, 2.05) is 30.5 Å². The lowest BCUT2D eigenvalue weighted by atomic mass is 10.1. The maximum atomic E-state index is 10.9. The number of aromatic nitrogens is 3. The molecule has 1 aromatic carbocycles. The van der Waals surface area contributed by atoms with Gasteiger partial charge in [0.1, 0.15) is 5.75 Å². The van der Waals surface area contributed by atoms with E-state index >= 15 is 0 Å². The largest absolute Gasteiger partial charge is 0.497 e. The van der Waals surface area contributed by atoms with Crippen molar-refractivity contribution in [1.82, 2.24) is 20.5 Å². The zero-order chi connectivity index (χ0) is 16.5. The van der Waals surface area contributed by atoms with Crippen LogP contribution in [0.1, 0.15) is 37.8 Å². The van der Waals surface area contributed by atoms with Crippen molar-refractivity contribution in [3.05, 3.63) is 36.2 Å². The highest BCUT2D eigenvalue weighted by Crippen LogP contribution is 2.15. The molecule has 0 aliphatic rings. The molecule has 2 aromatic rings. The first kappa shape index (κ1) is 17.0. The number of hydrogen-bond acceptors (Lipinski definition) is 5. The smallest absolute Gasteiger partial charge is 0.243 e. The number of carbonyl (C=O) groups excluding carboxylic acids is 1. The summed E-state index contributed by atoms with van der Waals surface area (Å²) < 4.78 is 6.88. The summed E-state index contributed by atoms with van der Waals surface area (Å²) in [6.07, 6.45) is 6.93. The molecule has 0 fully saturated rings. The van der Waals surface area contributed by atoms with Gasteiger partial charge in [-0.3, -0.25) is 10.0 Å². The van der Waals surface area contributed by atoms with Gasteiger partial charge in [-0.1, -0.05) is 18.1 Å². The monoisotopic (exact) mass is 318 g/mol. The first-order chi connectivity index (χ1) is 11.2. The summed E-state index contributed by atoms with van der Waals surface area (Å²) in [5, 5.41) is 16.7. The van der Waals surface area contributed by atoms with Crippen molar-refractivity contribution in [1.29, 1.82) is 0 Å². The predicted octanol–water partition coefficient (Wildman–Crippen LogP) is 2.27. The van der Waals surface area contributed by atoms with Crippen molar-refractivity contribution >= 4 is 5.91 Å². The number of amides is 1. The number of hydroxylamine groups is 1. The Morgan fingerprint density at radius 1 is 1.22 bits per heavy atom. The predicted molar refractivity (Wildman–Crippen MR) is 84.6 cm³/mol. The Bertz CT molecular complexity index is 610. The van der Waals surface area contributed by atoms with Gasteiger partial charge < -0.3 is 4.74 Å². The van der Waals surface area contributed by atoms with E-state index in [9.17, 15) is 4.79 Å². The lowest BCUT2D eigenvalue weighted by Crippen LogP contribution is -2.17. The fourth-order valence-electron chi connectivity index (χ4n) is 2.28. The quantitative estimate of drug-likeness (QED) is 0.420. The highest BCUT2D eigenvalue weighted by atomic mass is 16.5. The van der Waals surface area contributed by atoms with Gasteiger partial charge >= 0.3 is 0 Å². The average Bonchev–Trinajstić information content (AvgIpc) is 3.06. The Hall–Kier alpha value is -2.41. The summed E-state index contributed by atoms with van der Waals surface area (Å²) in [6.45, 7) is 0. The van der Waals surface area contributed by atoms with Crippen LogP contribution in [-0.4, -0.2) is 33.2 Å². The zero-order valence-electron chi connectivity index (χ0n) is 13.2. The molecule has 1 heterocycles. The van der Waals surface area contributed by atoms with Gasteiger partial charge in [0.05, 0.1) is 24.7 Å². The number of aryl methyl sites for hydroxylation is 1. The lowest BCUT2D eigenvalue weighted by Gasteiger charge is -2.02. The van der Waals surface area contributed by atoms with Crippen molar-refractivity contribution in [3.63, 3.8) is 0 Å². The fourth-order valence-corrected chi connectivity index (χ4v) is 2.28. The summed E-state index contributed by atoms with van der Waals surface area (Å²) in [5.41, 5.74) is 3.54. The van der Waals surface area contributed by atoms with Gasteiger partial charge in [0.25, 0.3) is 0 Å². The van der Waals surface area contributed by atoms with Crippen LogP contribution in [0.2, 0.25) is 0 Å². The van der Waals surface area contributed by atoms with Crippen molar-refractivity contribution in [2.45, 2.75) is 38.5 Å². The summed E-state index contributed by atoms with van der Waals surface area (Å²) >= 11 is 0. The third kappa shape index (κ3) is 5.37. The second kappa shape index (κ2) is 8.89. The number of ether oxygens (including phenoxy) is 1. The third-order valence-corrected chi connectivity index (χ3v) is 3.59. The number of nitrogens with zero attached hydrogens (tertiary/aromatic N) is 3. The molecule has 2 rings (SSSR count). The van der Waals surface area contributed by atoms with Gasteiger partial charge in [-0.25, -0.2) is 10.2 Å². The Labute approximate surface area is 135 Å². The van der Waals surface area contributed by atoms with Crippen LogP contribution in [0.25, 0.3) is 5.69 Å². The van der Waals surface area contributed by atoms with Crippen LogP contribution in [0.5, 0.6) is 5.75 Å². The van der Waals surface area contributed by atoms with Crippen LogP contribution in [0.3, 0.4) is 0 Å².